The molecule has 1 unspecified atom stereocenters. The molecule has 1 aromatic rings. The van der Waals surface area contributed by atoms with Crippen LogP contribution >= 0.6 is 0 Å². The Hall–Kier alpha value is -0.900. The summed E-state index contributed by atoms with van der Waals surface area (Å²) in [5.41, 5.74) is 5.35. The number of ether oxygens (including phenoxy) is 1. The number of hydrogen-bond donors (Lipinski definition) is 2. The second-order valence-electron chi connectivity index (χ2n) is 4.44. The summed E-state index contributed by atoms with van der Waals surface area (Å²) in [6, 6.07) is 8.67. The lowest BCUT2D eigenvalue weighted by atomic mass is 10.1. The molecule has 0 aliphatic heterocycles. The van der Waals surface area contributed by atoms with E-state index in [0.29, 0.717) is 6.61 Å². The third-order valence-electron chi connectivity index (χ3n) is 2.47. The van der Waals surface area contributed by atoms with Gasteiger partial charge in [0.2, 0.25) is 0 Å². The molecule has 1 aromatic carbocycles. The van der Waals surface area contributed by atoms with Gasteiger partial charge in [0.1, 0.15) is 0 Å². The summed E-state index contributed by atoms with van der Waals surface area (Å²) in [5.74, 6) is 5.51. The van der Waals surface area contributed by atoms with Crippen LogP contribution in [0.5, 0.6) is 0 Å². The number of hydrogen-bond acceptors (Lipinski definition) is 3. The van der Waals surface area contributed by atoms with E-state index in [0.717, 1.165) is 6.42 Å². The number of hydrazine groups is 1. The van der Waals surface area contributed by atoms with Crippen molar-refractivity contribution < 1.29 is 4.74 Å². The Morgan fingerprint density at radius 1 is 1.25 bits per heavy atom. The van der Waals surface area contributed by atoms with E-state index in [1.54, 1.807) is 0 Å². The van der Waals surface area contributed by atoms with Gasteiger partial charge in [0.05, 0.1) is 12.7 Å². The van der Waals surface area contributed by atoms with E-state index in [1.165, 1.54) is 11.1 Å². The maximum absolute atomic E-state index is 5.55. The number of benzene rings is 1. The Kier molecular flexibility index (Phi) is 5.46. The average molecular weight is 222 g/mol. The third kappa shape index (κ3) is 4.75. The molecule has 3 N–H and O–H groups in total. The molecule has 1 rings (SSSR count). The van der Waals surface area contributed by atoms with Crippen molar-refractivity contribution in [1.29, 1.82) is 0 Å². The Morgan fingerprint density at radius 3 is 2.38 bits per heavy atom. The van der Waals surface area contributed by atoms with Crippen molar-refractivity contribution in [2.24, 2.45) is 5.84 Å². The van der Waals surface area contributed by atoms with Crippen molar-refractivity contribution in [2.75, 3.05) is 6.61 Å². The van der Waals surface area contributed by atoms with Gasteiger partial charge in [-0.05, 0) is 32.8 Å². The first-order chi connectivity index (χ1) is 7.61. The Bertz CT molecular complexity index is 295. The normalized spacial score (nSPS) is 13.1. The van der Waals surface area contributed by atoms with Gasteiger partial charge in [-0.1, -0.05) is 29.8 Å². The van der Waals surface area contributed by atoms with Gasteiger partial charge in [0.15, 0.2) is 0 Å². The van der Waals surface area contributed by atoms with Crippen LogP contribution < -0.4 is 11.3 Å². The Labute approximate surface area is 98.0 Å². The van der Waals surface area contributed by atoms with Crippen molar-refractivity contribution in [3.8, 4) is 0 Å². The first-order valence-corrected chi connectivity index (χ1v) is 5.75. The molecule has 16 heavy (non-hydrogen) atoms. The first kappa shape index (κ1) is 13.2. The van der Waals surface area contributed by atoms with Crippen LogP contribution in [0.4, 0.5) is 0 Å². The van der Waals surface area contributed by atoms with Crippen LogP contribution in [0.3, 0.4) is 0 Å². The van der Waals surface area contributed by atoms with Gasteiger partial charge in [-0.2, -0.15) is 0 Å². The molecule has 0 aliphatic carbocycles. The smallest absolute Gasteiger partial charge is 0.0639 e. The number of aryl methyl sites for hydroxylation is 1. The van der Waals surface area contributed by atoms with Crippen LogP contribution in [-0.4, -0.2) is 18.8 Å². The van der Waals surface area contributed by atoms with E-state index >= 15 is 0 Å². The minimum atomic E-state index is 0.171. The molecule has 0 saturated heterocycles. The van der Waals surface area contributed by atoms with Crippen LogP contribution in [-0.2, 0) is 11.2 Å². The lowest BCUT2D eigenvalue weighted by molar-refractivity contribution is 0.0613. The zero-order chi connectivity index (χ0) is 12.0. The fourth-order valence-corrected chi connectivity index (χ4v) is 1.48. The van der Waals surface area contributed by atoms with Gasteiger partial charge in [-0.15, -0.1) is 0 Å². The van der Waals surface area contributed by atoms with Crippen molar-refractivity contribution >= 4 is 0 Å². The predicted molar refractivity (Wildman–Crippen MR) is 67.1 cm³/mol. The SMILES string of the molecule is Cc1ccc(CC(COC(C)C)NN)cc1. The molecule has 0 aromatic heterocycles. The van der Waals surface area contributed by atoms with Gasteiger partial charge in [0, 0.05) is 6.04 Å². The summed E-state index contributed by atoms with van der Waals surface area (Å²) in [5, 5.41) is 0. The highest BCUT2D eigenvalue weighted by atomic mass is 16.5. The molecule has 90 valence electrons. The largest absolute Gasteiger partial charge is 0.377 e. The first-order valence-electron chi connectivity index (χ1n) is 5.75. The maximum Gasteiger partial charge on any atom is 0.0639 e. The predicted octanol–water partition coefficient (Wildman–Crippen LogP) is 1.79. The molecule has 0 spiro atoms. The third-order valence-corrected chi connectivity index (χ3v) is 2.47. The molecule has 1 atom stereocenters. The Morgan fingerprint density at radius 2 is 1.88 bits per heavy atom. The summed E-state index contributed by atoms with van der Waals surface area (Å²) in [7, 11) is 0. The minimum absolute atomic E-state index is 0.171. The van der Waals surface area contributed by atoms with Crippen LogP contribution in [0, 0.1) is 6.92 Å². The summed E-state index contributed by atoms with van der Waals surface area (Å²) in [6.07, 6.45) is 1.14. The van der Waals surface area contributed by atoms with Gasteiger partial charge < -0.3 is 4.74 Å². The molecular weight excluding hydrogens is 200 g/mol. The van der Waals surface area contributed by atoms with Crippen molar-refractivity contribution in [1.82, 2.24) is 5.43 Å². The summed E-state index contributed by atoms with van der Waals surface area (Å²) < 4.78 is 5.55. The van der Waals surface area contributed by atoms with E-state index in [4.69, 9.17) is 10.6 Å². The van der Waals surface area contributed by atoms with Crippen molar-refractivity contribution in [2.45, 2.75) is 39.3 Å². The molecular formula is C13H22N2O. The highest BCUT2D eigenvalue weighted by molar-refractivity contribution is 5.22. The van der Waals surface area contributed by atoms with E-state index in [2.05, 4.69) is 36.6 Å². The molecule has 0 fully saturated rings. The molecule has 0 saturated carbocycles. The van der Waals surface area contributed by atoms with Crippen molar-refractivity contribution in [3.05, 3.63) is 35.4 Å². The average Bonchev–Trinajstić information content (AvgIpc) is 2.26. The molecule has 0 heterocycles. The maximum atomic E-state index is 5.55. The Balaban J connectivity index is 2.46. The van der Waals surface area contributed by atoms with E-state index in [1.807, 2.05) is 13.8 Å². The lowest BCUT2D eigenvalue weighted by Gasteiger charge is -2.17. The molecule has 0 radical (unpaired) electrons. The molecule has 0 amide bonds. The summed E-state index contributed by atoms with van der Waals surface area (Å²) >= 11 is 0. The van der Waals surface area contributed by atoms with Crippen LogP contribution in [0.2, 0.25) is 0 Å². The van der Waals surface area contributed by atoms with E-state index in [-0.39, 0.29) is 12.1 Å². The van der Waals surface area contributed by atoms with Gasteiger partial charge >= 0.3 is 0 Å². The molecule has 3 nitrogen and oxygen atoms in total. The minimum Gasteiger partial charge on any atom is -0.377 e. The van der Waals surface area contributed by atoms with E-state index < -0.39 is 0 Å². The quantitative estimate of drug-likeness (QED) is 0.570. The molecule has 3 heteroatoms. The van der Waals surface area contributed by atoms with Gasteiger partial charge in [-0.25, -0.2) is 0 Å². The van der Waals surface area contributed by atoms with Crippen LogP contribution in [0.25, 0.3) is 0 Å². The molecule has 0 aliphatic rings. The van der Waals surface area contributed by atoms with Gasteiger partial charge in [-0.3, -0.25) is 11.3 Å². The number of rotatable bonds is 6. The lowest BCUT2D eigenvalue weighted by Crippen LogP contribution is -2.40. The van der Waals surface area contributed by atoms with Crippen LogP contribution in [0.15, 0.2) is 24.3 Å². The fraction of sp³-hybridized carbons (Fsp3) is 0.538. The number of nitrogens with two attached hydrogens (primary N) is 1. The summed E-state index contributed by atoms with van der Waals surface area (Å²) in [6.45, 7) is 6.78. The van der Waals surface area contributed by atoms with Gasteiger partial charge in [0.25, 0.3) is 0 Å². The zero-order valence-electron chi connectivity index (χ0n) is 10.4. The highest BCUT2D eigenvalue weighted by Gasteiger charge is 2.08. The second kappa shape index (κ2) is 6.63. The molecule has 0 bridgehead atoms. The second-order valence-corrected chi connectivity index (χ2v) is 4.44. The zero-order valence-corrected chi connectivity index (χ0v) is 10.4. The number of nitrogens with one attached hydrogen (secondary N) is 1. The standard InChI is InChI=1S/C13H22N2O/c1-10(2)16-9-13(15-14)8-12-6-4-11(3)5-7-12/h4-7,10,13,15H,8-9,14H2,1-3H3. The van der Waals surface area contributed by atoms with Crippen LogP contribution in [0.1, 0.15) is 25.0 Å². The fourth-order valence-electron chi connectivity index (χ4n) is 1.48. The monoisotopic (exact) mass is 222 g/mol. The van der Waals surface area contributed by atoms with Crippen molar-refractivity contribution in [3.63, 3.8) is 0 Å². The highest BCUT2D eigenvalue weighted by Crippen LogP contribution is 2.06. The van der Waals surface area contributed by atoms with E-state index in [9.17, 15) is 0 Å². The summed E-state index contributed by atoms with van der Waals surface area (Å²) in [4.78, 5) is 0. The topological polar surface area (TPSA) is 47.3 Å².